The first-order valence-corrected chi connectivity index (χ1v) is 26.2. The van der Waals surface area contributed by atoms with Crippen molar-refractivity contribution in [1.82, 2.24) is 0 Å². The SMILES string of the molecule is CCCCCCCCCCOC(=O)CS.CCCCCCCCCCOC(=O)CS.CCCCCCCCCCOC(=O)CS.CCCCCCC[CH2][Sn]. The quantitative estimate of drug-likeness (QED) is 0.0191. The molecule has 10 heteroatoms. The summed E-state index contributed by atoms with van der Waals surface area (Å²) in [6, 6.07) is 0. The molecule has 0 aromatic carbocycles. The van der Waals surface area contributed by atoms with Gasteiger partial charge in [0, 0.05) is 0 Å². The van der Waals surface area contributed by atoms with E-state index in [-0.39, 0.29) is 35.2 Å². The monoisotopic (exact) mass is 929 g/mol. The molecular weight excluding hydrogens is 839 g/mol. The standard InChI is InChI=1S/3C12H24O2S.C8H17.Sn/c3*1-2-3-4-5-6-7-8-9-10-14-12(13)11-15;1-3-5-7-8-6-4-2;/h3*15H,2-11H2,1H3;1,3-8H2,2H3;. The van der Waals surface area contributed by atoms with Crippen molar-refractivity contribution in [2.24, 2.45) is 0 Å². The number of rotatable bonds is 36. The summed E-state index contributed by atoms with van der Waals surface area (Å²) in [6.07, 6.45) is 39.1. The van der Waals surface area contributed by atoms with Crippen LogP contribution in [0.2, 0.25) is 4.44 Å². The van der Waals surface area contributed by atoms with Crippen molar-refractivity contribution in [3.05, 3.63) is 0 Å². The summed E-state index contributed by atoms with van der Waals surface area (Å²) in [7, 11) is 0. The topological polar surface area (TPSA) is 78.9 Å². The molecule has 0 bridgehead atoms. The molecule has 0 fully saturated rings. The molecule has 0 N–H and O–H groups in total. The Bertz CT molecular complexity index is 631. The zero-order chi connectivity index (χ0) is 41.0. The Kier molecular flexibility index (Phi) is 67.6. The van der Waals surface area contributed by atoms with E-state index in [1.165, 1.54) is 178 Å². The van der Waals surface area contributed by atoms with E-state index in [2.05, 4.69) is 65.6 Å². The van der Waals surface area contributed by atoms with E-state index in [1.54, 1.807) is 22.5 Å². The third-order valence-corrected chi connectivity index (χ3v) is 10.5. The molecule has 0 unspecified atom stereocenters. The van der Waals surface area contributed by atoms with Crippen molar-refractivity contribution in [3.8, 4) is 0 Å². The van der Waals surface area contributed by atoms with Crippen molar-refractivity contribution in [1.29, 1.82) is 0 Å². The molecule has 0 rings (SSSR count). The Morgan fingerprint density at radius 2 is 0.519 bits per heavy atom. The van der Waals surface area contributed by atoms with Crippen LogP contribution in [0.1, 0.15) is 220 Å². The van der Waals surface area contributed by atoms with Crippen molar-refractivity contribution < 1.29 is 28.6 Å². The van der Waals surface area contributed by atoms with E-state index in [0.29, 0.717) is 19.8 Å². The van der Waals surface area contributed by atoms with Crippen molar-refractivity contribution >= 4 is 78.3 Å². The molecule has 0 saturated carbocycles. The number of esters is 3. The average Bonchev–Trinajstić information content (AvgIpc) is 3.19. The number of hydrogen-bond acceptors (Lipinski definition) is 9. The number of carbonyl (C=O) groups is 3. The molecule has 6 nitrogen and oxygen atoms in total. The maximum absolute atomic E-state index is 10.7. The zero-order valence-electron chi connectivity index (χ0n) is 36.0. The van der Waals surface area contributed by atoms with E-state index in [9.17, 15) is 14.4 Å². The fraction of sp³-hybridized carbons (Fsp3) is 0.932. The Morgan fingerprint density at radius 1 is 0.333 bits per heavy atom. The number of carbonyl (C=O) groups excluding carboxylic acids is 3. The van der Waals surface area contributed by atoms with Gasteiger partial charge in [-0.25, -0.2) is 0 Å². The summed E-state index contributed by atoms with van der Waals surface area (Å²) in [5, 5.41) is 0. The summed E-state index contributed by atoms with van der Waals surface area (Å²) in [5.74, 6) is -0.0470. The van der Waals surface area contributed by atoms with Crippen LogP contribution in [0.4, 0.5) is 0 Å². The van der Waals surface area contributed by atoms with Gasteiger partial charge in [-0.3, -0.25) is 14.4 Å². The minimum absolute atomic E-state index is 0.191. The summed E-state index contributed by atoms with van der Waals surface area (Å²) in [5.41, 5.74) is 0. The van der Waals surface area contributed by atoms with Gasteiger partial charge in [0.15, 0.2) is 0 Å². The molecule has 0 aliphatic rings. The molecule has 0 atom stereocenters. The summed E-state index contributed by atoms with van der Waals surface area (Å²) in [4.78, 5) is 32.2. The van der Waals surface area contributed by atoms with Crippen LogP contribution < -0.4 is 0 Å². The van der Waals surface area contributed by atoms with Crippen LogP contribution in [0, 0.1) is 0 Å². The third kappa shape index (κ3) is 67.0. The molecule has 0 spiro atoms. The average molecular weight is 929 g/mol. The van der Waals surface area contributed by atoms with Crippen LogP contribution in [0.5, 0.6) is 0 Å². The molecule has 0 amide bonds. The minimum atomic E-state index is -0.207. The third-order valence-electron chi connectivity index (χ3n) is 8.70. The van der Waals surface area contributed by atoms with E-state index < -0.39 is 0 Å². The predicted molar refractivity (Wildman–Crippen MR) is 246 cm³/mol. The molecule has 323 valence electrons. The predicted octanol–water partition coefficient (Wildman–Crippen LogP) is 13.7. The molecule has 0 aromatic heterocycles. The van der Waals surface area contributed by atoms with Crippen LogP contribution >= 0.6 is 37.9 Å². The molecular formula is C44H89O6S3Sn. The summed E-state index contributed by atoms with van der Waals surface area (Å²) in [6.45, 7) is 10.7. The van der Waals surface area contributed by atoms with Gasteiger partial charge >= 0.3 is 90.3 Å². The second-order valence-corrected chi connectivity index (χ2v) is 16.5. The first-order valence-electron chi connectivity index (χ1n) is 22.3. The van der Waals surface area contributed by atoms with Gasteiger partial charge in [0.1, 0.15) is 0 Å². The van der Waals surface area contributed by atoms with Gasteiger partial charge < -0.3 is 14.2 Å². The molecule has 0 saturated heterocycles. The second-order valence-electron chi connectivity index (χ2n) is 14.1. The van der Waals surface area contributed by atoms with Crippen LogP contribution in [0.25, 0.3) is 0 Å². The molecule has 0 heterocycles. The Morgan fingerprint density at radius 3 is 0.704 bits per heavy atom. The Labute approximate surface area is 366 Å². The van der Waals surface area contributed by atoms with Gasteiger partial charge in [0.05, 0.1) is 37.1 Å². The van der Waals surface area contributed by atoms with E-state index in [1.807, 2.05) is 0 Å². The first kappa shape index (κ1) is 60.9. The van der Waals surface area contributed by atoms with E-state index >= 15 is 0 Å². The normalized spacial score (nSPS) is 10.2. The van der Waals surface area contributed by atoms with Crippen molar-refractivity contribution in [3.63, 3.8) is 0 Å². The van der Waals surface area contributed by atoms with E-state index in [0.717, 1.165) is 19.3 Å². The molecule has 0 aliphatic carbocycles. The Balaban J connectivity index is -0.000000314. The summed E-state index contributed by atoms with van der Waals surface area (Å²) >= 11 is 13.2. The molecule has 0 aromatic rings. The van der Waals surface area contributed by atoms with Gasteiger partial charge in [0.2, 0.25) is 0 Å². The van der Waals surface area contributed by atoms with Crippen LogP contribution in [0.3, 0.4) is 0 Å². The number of thiol groups is 3. The molecule has 3 radical (unpaired) electrons. The van der Waals surface area contributed by atoms with Crippen molar-refractivity contribution in [2.75, 3.05) is 37.1 Å². The van der Waals surface area contributed by atoms with Crippen LogP contribution in [-0.4, -0.2) is 77.5 Å². The van der Waals surface area contributed by atoms with Gasteiger partial charge in [-0.05, 0) is 19.3 Å². The van der Waals surface area contributed by atoms with Crippen LogP contribution in [0.15, 0.2) is 0 Å². The Hall–Kier alpha value is 0.259. The van der Waals surface area contributed by atoms with Gasteiger partial charge in [0.25, 0.3) is 0 Å². The molecule has 0 aliphatic heterocycles. The summed E-state index contributed by atoms with van der Waals surface area (Å²) < 4.78 is 16.2. The van der Waals surface area contributed by atoms with E-state index in [4.69, 9.17) is 14.2 Å². The van der Waals surface area contributed by atoms with Gasteiger partial charge in [-0.15, -0.1) is 0 Å². The maximum atomic E-state index is 10.7. The number of hydrogen-bond donors (Lipinski definition) is 3. The number of ether oxygens (including phenoxy) is 3. The zero-order valence-corrected chi connectivity index (χ0v) is 41.5. The van der Waals surface area contributed by atoms with Crippen molar-refractivity contribution in [2.45, 2.75) is 225 Å². The second kappa shape index (κ2) is 59.9. The first-order chi connectivity index (χ1) is 26.3. The van der Waals surface area contributed by atoms with Crippen LogP contribution in [-0.2, 0) is 28.6 Å². The van der Waals surface area contributed by atoms with Gasteiger partial charge in [-0.2, -0.15) is 37.9 Å². The number of unbranched alkanes of at least 4 members (excludes halogenated alkanes) is 26. The fourth-order valence-corrected chi connectivity index (χ4v) is 6.30. The molecule has 54 heavy (non-hydrogen) atoms. The fourth-order valence-electron chi connectivity index (χ4n) is 5.31. The van der Waals surface area contributed by atoms with Gasteiger partial charge in [-0.1, -0.05) is 156 Å².